The number of hydrogen-bond donors (Lipinski definition) is 0. The third-order valence-electron chi connectivity index (χ3n) is 4.18. The summed E-state index contributed by atoms with van der Waals surface area (Å²) in [4.78, 5) is 5.21. The SMILES string of the molecule is CON=C(C(CBr)c1ccc(C)cc1)C(CBr)c1ccc(C)cc1. The van der Waals surface area contributed by atoms with Crippen molar-refractivity contribution in [1.29, 1.82) is 0 Å². The molecule has 0 aliphatic rings. The van der Waals surface area contributed by atoms with Crippen molar-refractivity contribution >= 4 is 37.6 Å². The fourth-order valence-corrected chi connectivity index (χ4v) is 4.16. The fraction of sp³-hybridized carbons (Fsp3) is 0.350. The van der Waals surface area contributed by atoms with Crippen molar-refractivity contribution in [2.45, 2.75) is 25.7 Å². The number of oxime groups is 1. The van der Waals surface area contributed by atoms with E-state index in [1.165, 1.54) is 22.3 Å². The monoisotopic (exact) mass is 451 g/mol. The van der Waals surface area contributed by atoms with Gasteiger partial charge >= 0.3 is 0 Å². The topological polar surface area (TPSA) is 21.6 Å². The van der Waals surface area contributed by atoms with Crippen molar-refractivity contribution in [3.8, 4) is 0 Å². The van der Waals surface area contributed by atoms with E-state index in [0.717, 1.165) is 16.4 Å². The Morgan fingerprint density at radius 1 is 0.833 bits per heavy atom. The number of alkyl halides is 2. The predicted molar refractivity (Wildman–Crippen MR) is 110 cm³/mol. The van der Waals surface area contributed by atoms with Crippen molar-refractivity contribution in [3.63, 3.8) is 0 Å². The van der Waals surface area contributed by atoms with Crippen LogP contribution in [0.2, 0.25) is 0 Å². The van der Waals surface area contributed by atoms with Gasteiger partial charge in [0.05, 0.1) is 5.71 Å². The van der Waals surface area contributed by atoms with Crippen LogP contribution in [-0.2, 0) is 4.84 Å². The Morgan fingerprint density at radius 2 is 1.21 bits per heavy atom. The van der Waals surface area contributed by atoms with Crippen molar-refractivity contribution in [2.24, 2.45) is 5.16 Å². The Balaban J connectivity index is 2.43. The van der Waals surface area contributed by atoms with Crippen molar-refractivity contribution < 1.29 is 4.84 Å². The maximum atomic E-state index is 5.21. The molecular weight excluding hydrogens is 430 g/mol. The van der Waals surface area contributed by atoms with Crippen LogP contribution >= 0.6 is 31.9 Å². The number of rotatable bonds is 7. The van der Waals surface area contributed by atoms with E-state index >= 15 is 0 Å². The average Bonchev–Trinajstić information content (AvgIpc) is 2.59. The molecule has 2 nitrogen and oxygen atoms in total. The van der Waals surface area contributed by atoms with Crippen LogP contribution in [0, 0.1) is 13.8 Å². The van der Waals surface area contributed by atoms with Crippen LogP contribution in [0.5, 0.6) is 0 Å². The van der Waals surface area contributed by atoms with Gasteiger partial charge in [0, 0.05) is 22.5 Å². The first-order valence-corrected chi connectivity index (χ1v) is 10.2. The minimum absolute atomic E-state index is 0.161. The molecule has 0 aliphatic heterocycles. The van der Waals surface area contributed by atoms with Gasteiger partial charge in [0.1, 0.15) is 7.11 Å². The van der Waals surface area contributed by atoms with E-state index in [0.29, 0.717) is 0 Å². The molecule has 2 aromatic rings. The lowest BCUT2D eigenvalue weighted by Gasteiger charge is -2.24. The molecule has 0 bridgehead atoms. The lowest BCUT2D eigenvalue weighted by atomic mass is 9.84. The summed E-state index contributed by atoms with van der Waals surface area (Å²) in [5.74, 6) is 0.323. The van der Waals surface area contributed by atoms with Crippen LogP contribution in [0.4, 0.5) is 0 Å². The Bertz CT molecular complexity index is 610. The van der Waals surface area contributed by atoms with Crippen molar-refractivity contribution in [3.05, 3.63) is 70.8 Å². The standard InChI is InChI=1S/C20H23Br2NO/c1-14-4-8-16(9-5-14)18(12-21)20(23-24-3)19(13-22)17-10-6-15(2)7-11-17/h4-11,18-19H,12-13H2,1-3H3. The number of aryl methyl sites for hydroxylation is 2. The number of benzene rings is 2. The molecule has 0 amide bonds. The first-order chi connectivity index (χ1) is 11.6. The molecule has 2 aromatic carbocycles. The van der Waals surface area contributed by atoms with E-state index in [2.05, 4.69) is 99.4 Å². The molecule has 24 heavy (non-hydrogen) atoms. The smallest absolute Gasteiger partial charge is 0.106 e. The minimum Gasteiger partial charge on any atom is -0.399 e. The molecule has 0 spiro atoms. The molecule has 128 valence electrons. The van der Waals surface area contributed by atoms with Gasteiger partial charge in [0.15, 0.2) is 0 Å². The molecule has 0 saturated heterocycles. The molecule has 4 heteroatoms. The highest BCUT2D eigenvalue weighted by Gasteiger charge is 2.27. The molecule has 0 radical (unpaired) electrons. The molecule has 0 fully saturated rings. The highest BCUT2D eigenvalue weighted by molar-refractivity contribution is 9.09. The second kappa shape index (κ2) is 9.38. The normalized spacial score (nSPS) is 13.2. The van der Waals surface area contributed by atoms with E-state index in [-0.39, 0.29) is 11.8 Å². The van der Waals surface area contributed by atoms with Crippen LogP contribution in [0.1, 0.15) is 34.1 Å². The molecular formula is C20H23Br2NO. The Labute approximate surface area is 161 Å². The number of hydrogen-bond acceptors (Lipinski definition) is 2. The lowest BCUT2D eigenvalue weighted by molar-refractivity contribution is 0.211. The Kier molecular flexibility index (Phi) is 7.50. The highest BCUT2D eigenvalue weighted by atomic mass is 79.9. The van der Waals surface area contributed by atoms with E-state index < -0.39 is 0 Å². The largest absolute Gasteiger partial charge is 0.399 e. The summed E-state index contributed by atoms with van der Waals surface area (Å²) in [7, 11) is 1.61. The zero-order chi connectivity index (χ0) is 17.5. The fourth-order valence-electron chi connectivity index (χ4n) is 2.75. The predicted octanol–water partition coefficient (Wildman–Crippen LogP) is 5.96. The molecule has 2 rings (SSSR count). The van der Waals surface area contributed by atoms with Crippen molar-refractivity contribution in [2.75, 3.05) is 17.8 Å². The second-order valence-electron chi connectivity index (χ2n) is 5.93. The average molecular weight is 453 g/mol. The zero-order valence-electron chi connectivity index (χ0n) is 14.3. The summed E-state index contributed by atoms with van der Waals surface area (Å²) in [5.41, 5.74) is 6.03. The summed E-state index contributed by atoms with van der Waals surface area (Å²) in [6.07, 6.45) is 0. The van der Waals surface area contributed by atoms with Gasteiger partial charge < -0.3 is 4.84 Å². The van der Waals surface area contributed by atoms with Crippen LogP contribution < -0.4 is 0 Å². The highest BCUT2D eigenvalue weighted by Crippen LogP contribution is 2.31. The maximum Gasteiger partial charge on any atom is 0.106 e. The number of halogens is 2. The van der Waals surface area contributed by atoms with Gasteiger partial charge in [-0.3, -0.25) is 0 Å². The van der Waals surface area contributed by atoms with Crippen molar-refractivity contribution in [1.82, 2.24) is 0 Å². The van der Waals surface area contributed by atoms with Gasteiger partial charge in [-0.15, -0.1) is 0 Å². The van der Waals surface area contributed by atoms with E-state index in [4.69, 9.17) is 4.84 Å². The van der Waals surface area contributed by atoms with Gasteiger partial charge in [-0.25, -0.2) is 0 Å². The summed E-state index contributed by atoms with van der Waals surface area (Å²) >= 11 is 7.34. The van der Waals surface area contributed by atoms with E-state index in [1.54, 1.807) is 7.11 Å². The zero-order valence-corrected chi connectivity index (χ0v) is 17.5. The van der Waals surface area contributed by atoms with E-state index in [9.17, 15) is 0 Å². The Hall–Kier alpha value is -1.13. The molecule has 0 aliphatic carbocycles. The Morgan fingerprint density at radius 3 is 1.50 bits per heavy atom. The van der Waals surface area contributed by atoms with Gasteiger partial charge in [0.2, 0.25) is 0 Å². The van der Waals surface area contributed by atoms with Gasteiger partial charge in [0.25, 0.3) is 0 Å². The first kappa shape index (κ1) is 19.2. The van der Waals surface area contributed by atoms with Gasteiger partial charge in [-0.05, 0) is 25.0 Å². The molecule has 0 aromatic heterocycles. The van der Waals surface area contributed by atoms with Crippen LogP contribution in [0.15, 0.2) is 53.7 Å². The summed E-state index contributed by atoms with van der Waals surface area (Å²) in [6.45, 7) is 4.20. The molecule has 0 N–H and O–H groups in total. The van der Waals surface area contributed by atoms with Crippen LogP contribution in [0.3, 0.4) is 0 Å². The molecule has 2 unspecified atom stereocenters. The maximum absolute atomic E-state index is 5.21. The summed E-state index contributed by atoms with van der Waals surface area (Å²) < 4.78 is 0. The van der Waals surface area contributed by atoms with Crippen LogP contribution in [0.25, 0.3) is 0 Å². The third kappa shape index (κ3) is 4.70. The molecule has 2 atom stereocenters. The molecule has 0 saturated carbocycles. The van der Waals surface area contributed by atoms with E-state index in [1.807, 2.05) is 0 Å². The summed E-state index contributed by atoms with van der Waals surface area (Å²) in [6, 6.07) is 17.3. The summed E-state index contributed by atoms with van der Waals surface area (Å²) in [5, 5.41) is 6.02. The third-order valence-corrected chi connectivity index (χ3v) is 5.47. The molecule has 0 heterocycles. The lowest BCUT2D eigenvalue weighted by Crippen LogP contribution is -2.24. The second-order valence-corrected chi connectivity index (χ2v) is 7.23. The first-order valence-electron chi connectivity index (χ1n) is 7.96. The van der Waals surface area contributed by atoms with Gasteiger partial charge in [-0.1, -0.05) is 96.7 Å². The minimum atomic E-state index is 0.161. The van der Waals surface area contributed by atoms with Crippen LogP contribution in [-0.4, -0.2) is 23.5 Å². The quantitative estimate of drug-likeness (QED) is 0.288. The van der Waals surface area contributed by atoms with Gasteiger partial charge in [-0.2, -0.15) is 0 Å². The number of nitrogens with zero attached hydrogens (tertiary/aromatic N) is 1.